The molecule has 0 bridgehead atoms. The first-order chi connectivity index (χ1) is 6.02. The average molecular weight is 207 g/mol. The maximum Gasteiger partial charge on any atom is 0.291 e. The average Bonchev–Trinajstić information content (AvgIpc) is 2.03. The Hall–Kier alpha value is -0.810. The van der Waals surface area contributed by atoms with Gasteiger partial charge in [-0.05, 0) is 0 Å². The lowest BCUT2D eigenvalue weighted by Crippen LogP contribution is -2.50. The largest absolute Gasteiger partial charge is 0.291 e. The second-order valence-electron chi connectivity index (χ2n) is 2.99. The fourth-order valence-corrected chi connectivity index (χ4v) is 1.76. The summed E-state index contributed by atoms with van der Waals surface area (Å²) in [5, 5.41) is 20.9. The fraction of sp³-hybridized carbons (Fsp3) is 1.00. The molecule has 0 spiro atoms. The Morgan fingerprint density at radius 1 is 1.23 bits per heavy atom. The molecule has 1 saturated heterocycles. The van der Waals surface area contributed by atoms with E-state index in [1.165, 1.54) is 0 Å². The van der Waals surface area contributed by atoms with Crippen molar-refractivity contribution in [3.63, 3.8) is 0 Å². The van der Waals surface area contributed by atoms with Crippen LogP contribution in [0.5, 0.6) is 0 Å². The van der Waals surface area contributed by atoms with E-state index in [1.807, 2.05) is 0 Å². The summed E-state index contributed by atoms with van der Waals surface area (Å²) in [6.45, 7) is 0.643. The van der Waals surface area contributed by atoms with Crippen molar-refractivity contribution < 1.29 is 9.85 Å². The van der Waals surface area contributed by atoms with Crippen molar-refractivity contribution in [2.75, 3.05) is 13.1 Å². The number of rotatable bonds is 2. The van der Waals surface area contributed by atoms with Gasteiger partial charge >= 0.3 is 0 Å². The normalized spacial score (nSPS) is 29.9. The van der Waals surface area contributed by atoms with E-state index in [4.69, 9.17) is 0 Å². The minimum atomic E-state index is -1.08. The van der Waals surface area contributed by atoms with Gasteiger partial charge in [0.25, 0.3) is 12.1 Å². The molecule has 0 aromatic heterocycles. The van der Waals surface area contributed by atoms with Crippen LogP contribution in [-0.4, -0.2) is 39.7 Å². The van der Waals surface area contributed by atoms with Crippen molar-refractivity contribution in [1.29, 1.82) is 0 Å². The van der Waals surface area contributed by atoms with Crippen LogP contribution in [0.3, 0.4) is 0 Å². The fourth-order valence-electron chi connectivity index (χ4n) is 1.40. The number of nitrogens with zero attached hydrogens (tertiary/aromatic N) is 3. The zero-order valence-electron chi connectivity index (χ0n) is 6.83. The van der Waals surface area contributed by atoms with Crippen LogP contribution in [0.25, 0.3) is 0 Å². The highest BCUT2D eigenvalue weighted by Gasteiger charge is 2.44. The first-order valence-corrected chi connectivity index (χ1v) is 4.30. The molecule has 1 fully saturated rings. The molecule has 1 aliphatic rings. The number of piperidine rings is 1. The molecule has 0 aliphatic carbocycles. The minimum absolute atomic E-state index is 0.128. The lowest BCUT2D eigenvalue weighted by molar-refractivity contribution is -0.620. The van der Waals surface area contributed by atoms with Crippen LogP contribution >= 0.6 is 9.39 Å². The smallest absolute Gasteiger partial charge is 0.280 e. The highest BCUT2D eigenvalue weighted by atomic mass is 31.0. The topological polar surface area (TPSA) is 89.5 Å². The van der Waals surface area contributed by atoms with Crippen LogP contribution in [0.4, 0.5) is 0 Å². The Kier molecular flexibility index (Phi) is 3.11. The second-order valence-corrected chi connectivity index (χ2v) is 3.72. The van der Waals surface area contributed by atoms with Crippen molar-refractivity contribution in [3.05, 3.63) is 20.2 Å². The van der Waals surface area contributed by atoms with E-state index >= 15 is 0 Å². The van der Waals surface area contributed by atoms with E-state index < -0.39 is 21.9 Å². The lowest BCUT2D eigenvalue weighted by Gasteiger charge is -2.26. The summed E-state index contributed by atoms with van der Waals surface area (Å²) < 4.78 is 1.66. The Bertz CT molecular complexity index is 236. The van der Waals surface area contributed by atoms with Gasteiger partial charge in [0.15, 0.2) is 0 Å². The van der Waals surface area contributed by atoms with Crippen LogP contribution in [0.1, 0.15) is 6.42 Å². The molecule has 7 nitrogen and oxygen atoms in total. The van der Waals surface area contributed by atoms with Gasteiger partial charge in [-0.2, -0.15) is 0 Å². The molecule has 0 aromatic rings. The van der Waals surface area contributed by atoms with Crippen LogP contribution in [0.15, 0.2) is 0 Å². The maximum atomic E-state index is 10.5. The summed E-state index contributed by atoms with van der Waals surface area (Å²) in [5.74, 6) is 0. The van der Waals surface area contributed by atoms with Crippen LogP contribution < -0.4 is 0 Å². The molecule has 0 saturated carbocycles. The zero-order chi connectivity index (χ0) is 10.0. The van der Waals surface area contributed by atoms with Gasteiger partial charge in [0.2, 0.25) is 0 Å². The molecule has 1 rings (SSSR count). The lowest BCUT2D eigenvalue weighted by atomic mass is 10.0. The third-order valence-electron chi connectivity index (χ3n) is 2.12. The summed E-state index contributed by atoms with van der Waals surface area (Å²) in [4.78, 5) is 19.8. The molecule has 1 heterocycles. The third kappa shape index (κ3) is 2.32. The van der Waals surface area contributed by atoms with Gasteiger partial charge in [-0.25, -0.2) is 0 Å². The number of hydrogen-bond donors (Lipinski definition) is 0. The monoisotopic (exact) mass is 207 g/mol. The molecule has 3 unspecified atom stereocenters. The van der Waals surface area contributed by atoms with Crippen molar-refractivity contribution in [2.24, 2.45) is 0 Å². The first-order valence-electron chi connectivity index (χ1n) is 3.79. The molecule has 0 N–H and O–H groups in total. The van der Waals surface area contributed by atoms with Gasteiger partial charge in [0.1, 0.15) is 0 Å². The van der Waals surface area contributed by atoms with Crippen molar-refractivity contribution in [2.45, 2.75) is 18.5 Å². The summed E-state index contributed by atoms with van der Waals surface area (Å²) >= 11 is 0. The van der Waals surface area contributed by atoms with Crippen LogP contribution in [-0.2, 0) is 0 Å². The molecule has 13 heavy (non-hydrogen) atoms. The first kappa shape index (κ1) is 10.3. The highest BCUT2D eigenvalue weighted by Crippen LogP contribution is 2.18. The molecule has 1 aliphatic heterocycles. The SMILES string of the molecule is O=[N+]([O-])C1CCN(P)CC1[N+](=O)[O-]. The van der Waals surface area contributed by atoms with Gasteiger partial charge in [-0.15, -0.1) is 0 Å². The van der Waals surface area contributed by atoms with Crippen molar-refractivity contribution >= 4 is 9.39 Å². The van der Waals surface area contributed by atoms with Crippen molar-refractivity contribution in [3.8, 4) is 0 Å². The molecule has 74 valence electrons. The Morgan fingerprint density at radius 2 is 1.77 bits per heavy atom. The van der Waals surface area contributed by atoms with E-state index in [9.17, 15) is 20.2 Å². The summed E-state index contributed by atoms with van der Waals surface area (Å²) in [6.07, 6.45) is 0.238. The summed E-state index contributed by atoms with van der Waals surface area (Å²) in [5.41, 5.74) is 0. The number of nitro groups is 2. The summed E-state index contributed by atoms with van der Waals surface area (Å²) in [6, 6.07) is -2.12. The molecular weight excluding hydrogens is 197 g/mol. The predicted molar refractivity (Wildman–Crippen MR) is 47.5 cm³/mol. The standard InChI is InChI=1S/C5H10N3O4P/c9-7(10)4-1-2-6(13)3-5(4)8(11)12/h4-5H,1-3,13H2. The molecular formula is C5H10N3O4P. The predicted octanol–water partition coefficient (Wildman–Crippen LogP) is -0.227. The second kappa shape index (κ2) is 3.93. The Balaban J connectivity index is 2.72. The quantitative estimate of drug-likeness (QED) is 0.354. The maximum absolute atomic E-state index is 10.5. The molecule has 0 amide bonds. The van der Waals surface area contributed by atoms with Gasteiger partial charge < -0.3 is 0 Å². The minimum Gasteiger partial charge on any atom is -0.280 e. The van der Waals surface area contributed by atoms with E-state index in [0.29, 0.717) is 6.54 Å². The van der Waals surface area contributed by atoms with Crippen molar-refractivity contribution in [1.82, 2.24) is 4.67 Å². The molecule has 8 heteroatoms. The van der Waals surface area contributed by atoms with Gasteiger partial charge in [-0.3, -0.25) is 24.9 Å². The number of hydrogen-bond acceptors (Lipinski definition) is 5. The van der Waals surface area contributed by atoms with Gasteiger partial charge in [-0.1, -0.05) is 9.39 Å². The van der Waals surface area contributed by atoms with Crippen LogP contribution in [0, 0.1) is 20.2 Å². The molecule has 0 radical (unpaired) electrons. The van der Waals surface area contributed by atoms with E-state index in [2.05, 4.69) is 9.39 Å². The van der Waals surface area contributed by atoms with E-state index in [1.54, 1.807) is 4.67 Å². The van der Waals surface area contributed by atoms with Crippen LogP contribution in [0.2, 0.25) is 0 Å². The zero-order valence-corrected chi connectivity index (χ0v) is 7.98. The third-order valence-corrected chi connectivity index (χ3v) is 2.59. The van der Waals surface area contributed by atoms with Gasteiger partial charge in [0.05, 0.1) is 6.54 Å². The van der Waals surface area contributed by atoms with E-state index in [-0.39, 0.29) is 13.0 Å². The van der Waals surface area contributed by atoms with Gasteiger partial charge in [0, 0.05) is 22.8 Å². The Labute approximate surface area is 76.6 Å². The van der Waals surface area contributed by atoms with E-state index in [0.717, 1.165) is 0 Å². The summed E-state index contributed by atoms with van der Waals surface area (Å²) in [7, 11) is 2.33. The highest BCUT2D eigenvalue weighted by molar-refractivity contribution is 7.13. The molecule has 0 aromatic carbocycles. The molecule has 3 atom stereocenters. The Morgan fingerprint density at radius 3 is 2.23 bits per heavy atom.